The van der Waals surface area contributed by atoms with Crippen molar-refractivity contribution in [1.29, 1.82) is 0 Å². The summed E-state index contributed by atoms with van der Waals surface area (Å²) in [6.45, 7) is 9.83. The first-order valence-corrected chi connectivity index (χ1v) is 6.48. The number of allylic oxidation sites excluding steroid dienone is 1. The van der Waals surface area contributed by atoms with E-state index in [4.69, 9.17) is 0 Å². The van der Waals surface area contributed by atoms with E-state index in [1.165, 1.54) is 0 Å². The van der Waals surface area contributed by atoms with Crippen LogP contribution in [0.2, 0.25) is 0 Å². The van der Waals surface area contributed by atoms with Gasteiger partial charge in [-0.15, -0.1) is 0 Å². The van der Waals surface area contributed by atoms with Crippen molar-refractivity contribution in [3.63, 3.8) is 0 Å². The molecule has 0 heterocycles. The molecule has 0 spiro atoms. The zero-order valence-electron chi connectivity index (χ0n) is 11.6. The fourth-order valence-corrected chi connectivity index (χ4v) is 1.79. The average molecular weight is 262 g/mol. The third kappa shape index (κ3) is 3.69. The van der Waals surface area contributed by atoms with Crippen LogP contribution in [0.1, 0.15) is 18.1 Å². The van der Waals surface area contributed by atoms with Crippen LogP contribution in [-0.4, -0.2) is 5.84 Å². The molecule has 0 saturated heterocycles. The highest BCUT2D eigenvalue weighted by Crippen LogP contribution is 2.14. The van der Waals surface area contributed by atoms with Crippen LogP contribution >= 0.6 is 0 Å². The Hall–Kier alpha value is -2.61. The molecule has 0 aliphatic rings. The number of rotatable bonds is 4. The van der Waals surface area contributed by atoms with Crippen molar-refractivity contribution < 1.29 is 0 Å². The SMILES string of the molecule is C=C(C)NC(=NC(=C)c1ccccc1)c1ccccc1. The number of nitrogens with one attached hydrogen (secondary N) is 1. The van der Waals surface area contributed by atoms with Gasteiger partial charge in [0.15, 0.2) is 0 Å². The molecular weight excluding hydrogens is 244 g/mol. The zero-order valence-corrected chi connectivity index (χ0v) is 11.6. The molecule has 0 amide bonds. The lowest BCUT2D eigenvalue weighted by Gasteiger charge is -2.11. The van der Waals surface area contributed by atoms with Gasteiger partial charge in [-0.3, -0.25) is 0 Å². The predicted octanol–water partition coefficient (Wildman–Crippen LogP) is 4.23. The average Bonchev–Trinajstić information content (AvgIpc) is 2.48. The van der Waals surface area contributed by atoms with Gasteiger partial charge in [0.1, 0.15) is 5.84 Å². The number of hydrogen-bond acceptors (Lipinski definition) is 1. The second kappa shape index (κ2) is 6.53. The van der Waals surface area contributed by atoms with Gasteiger partial charge in [0.2, 0.25) is 0 Å². The number of amidine groups is 1. The Morgan fingerprint density at radius 2 is 1.35 bits per heavy atom. The van der Waals surface area contributed by atoms with Crippen LogP contribution in [0.5, 0.6) is 0 Å². The minimum absolute atomic E-state index is 0.721. The summed E-state index contributed by atoms with van der Waals surface area (Å²) in [5.74, 6) is 0.756. The van der Waals surface area contributed by atoms with E-state index in [2.05, 4.69) is 23.5 Å². The van der Waals surface area contributed by atoms with Crippen molar-refractivity contribution in [2.24, 2.45) is 4.99 Å². The smallest absolute Gasteiger partial charge is 0.138 e. The molecule has 100 valence electrons. The lowest BCUT2D eigenvalue weighted by atomic mass is 10.1. The molecule has 0 unspecified atom stereocenters. The predicted molar refractivity (Wildman–Crippen MR) is 86.4 cm³/mol. The Morgan fingerprint density at radius 1 is 0.850 bits per heavy atom. The first-order chi connectivity index (χ1) is 9.66. The number of nitrogens with zero attached hydrogens (tertiary/aromatic N) is 1. The van der Waals surface area contributed by atoms with Gasteiger partial charge in [0.25, 0.3) is 0 Å². The van der Waals surface area contributed by atoms with Crippen molar-refractivity contribution >= 4 is 11.5 Å². The standard InChI is InChI=1S/C18H18N2/c1-14(2)19-18(17-12-8-5-9-13-17)20-15(3)16-10-6-4-7-11-16/h4-13H,1,3H2,2H3,(H,19,20). The summed E-state index contributed by atoms with van der Waals surface area (Å²) in [4.78, 5) is 4.61. The monoisotopic (exact) mass is 262 g/mol. The summed E-state index contributed by atoms with van der Waals surface area (Å²) < 4.78 is 0. The van der Waals surface area contributed by atoms with Crippen LogP contribution in [0.3, 0.4) is 0 Å². The quantitative estimate of drug-likeness (QED) is 0.647. The normalized spacial score (nSPS) is 10.9. The van der Waals surface area contributed by atoms with Crippen LogP contribution in [0.15, 0.2) is 84.5 Å². The molecule has 2 rings (SSSR count). The van der Waals surface area contributed by atoms with E-state index in [9.17, 15) is 0 Å². The molecule has 2 aromatic rings. The van der Waals surface area contributed by atoms with Crippen LogP contribution < -0.4 is 5.32 Å². The van der Waals surface area contributed by atoms with E-state index < -0.39 is 0 Å². The molecule has 2 nitrogen and oxygen atoms in total. The molecule has 0 saturated carbocycles. The Balaban J connectivity index is 2.34. The fraction of sp³-hybridized carbons (Fsp3) is 0.0556. The maximum absolute atomic E-state index is 4.61. The van der Waals surface area contributed by atoms with E-state index in [0.717, 1.165) is 28.4 Å². The van der Waals surface area contributed by atoms with Crippen LogP contribution in [0.4, 0.5) is 0 Å². The molecular formula is C18H18N2. The summed E-state index contributed by atoms with van der Waals surface area (Å²) in [7, 11) is 0. The molecule has 0 aliphatic carbocycles. The molecule has 1 N–H and O–H groups in total. The second-order valence-electron chi connectivity index (χ2n) is 4.54. The Kier molecular flexibility index (Phi) is 4.51. The Labute approximate surface area is 120 Å². The maximum Gasteiger partial charge on any atom is 0.138 e. The lowest BCUT2D eigenvalue weighted by molar-refractivity contribution is 1.12. The summed E-state index contributed by atoms with van der Waals surface area (Å²) in [6, 6.07) is 19.9. The van der Waals surface area contributed by atoms with E-state index in [0.29, 0.717) is 0 Å². The van der Waals surface area contributed by atoms with E-state index in [1.807, 2.05) is 67.6 Å². The van der Waals surface area contributed by atoms with Gasteiger partial charge in [0, 0.05) is 11.3 Å². The maximum atomic E-state index is 4.61. The van der Waals surface area contributed by atoms with Crippen molar-refractivity contribution in [2.45, 2.75) is 6.92 Å². The Bertz CT molecular complexity index is 625. The van der Waals surface area contributed by atoms with Gasteiger partial charge in [-0.25, -0.2) is 4.99 Å². The molecule has 2 aromatic carbocycles. The van der Waals surface area contributed by atoms with Gasteiger partial charge in [-0.2, -0.15) is 0 Å². The summed E-state index contributed by atoms with van der Waals surface area (Å²) in [5, 5.41) is 3.19. The van der Waals surface area contributed by atoms with Crippen LogP contribution in [0.25, 0.3) is 5.70 Å². The molecule has 0 bridgehead atoms. The highest BCUT2D eigenvalue weighted by Gasteiger charge is 2.04. The highest BCUT2D eigenvalue weighted by molar-refractivity contribution is 6.02. The van der Waals surface area contributed by atoms with Gasteiger partial charge in [-0.1, -0.05) is 73.8 Å². The molecule has 0 atom stereocenters. The van der Waals surface area contributed by atoms with Gasteiger partial charge < -0.3 is 5.32 Å². The molecule has 0 radical (unpaired) electrons. The fourth-order valence-electron chi connectivity index (χ4n) is 1.79. The van der Waals surface area contributed by atoms with E-state index in [-0.39, 0.29) is 0 Å². The van der Waals surface area contributed by atoms with Crippen LogP contribution in [-0.2, 0) is 0 Å². The molecule has 0 fully saturated rings. The number of benzene rings is 2. The van der Waals surface area contributed by atoms with Crippen LogP contribution in [0, 0.1) is 0 Å². The minimum Gasteiger partial charge on any atom is -0.344 e. The summed E-state index contributed by atoms with van der Waals surface area (Å²) in [6.07, 6.45) is 0. The number of hydrogen-bond donors (Lipinski definition) is 1. The zero-order chi connectivity index (χ0) is 14.4. The first-order valence-electron chi connectivity index (χ1n) is 6.48. The van der Waals surface area contributed by atoms with Crippen molar-refractivity contribution in [3.8, 4) is 0 Å². The molecule has 20 heavy (non-hydrogen) atoms. The third-order valence-electron chi connectivity index (χ3n) is 2.73. The summed E-state index contributed by atoms with van der Waals surface area (Å²) in [5.41, 5.74) is 3.57. The van der Waals surface area contributed by atoms with Gasteiger partial charge in [-0.05, 0) is 12.5 Å². The highest BCUT2D eigenvalue weighted by atomic mass is 15.0. The largest absolute Gasteiger partial charge is 0.344 e. The topological polar surface area (TPSA) is 24.4 Å². The van der Waals surface area contributed by atoms with Crippen molar-refractivity contribution in [2.75, 3.05) is 0 Å². The second-order valence-corrected chi connectivity index (χ2v) is 4.54. The Morgan fingerprint density at radius 3 is 1.85 bits per heavy atom. The molecule has 0 aliphatic heterocycles. The molecule has 2 heteroatoms. The van der Waals surface area contributed by atoms with Gasteiger partial charge in [0.05, 0.1) is 5.70 Å². The number of aliphatic imine (C=N–C) groups is 1. The van der Waals surface area contributed by atoms with Crippen molar-refractivity contribution in [3.05, 3.63) is 90.6 Å². The first kappa shape index (κ1) is 13.8. The lowest BCUT2D eigenvalue weighted by Crippen LogP contribution is -2.22. The third-order valence-corrected chi connectivity index (χ3v) is 2.73. The van der Waals surface area contributed by atoms with E-state index >= 15 is 0 Å². The van der Waals surface area contributed by atoms with Crippen molar-refractivity contribution in [1.82, 2.24) is 5.32 Å². The summed E-state index contributed by atoms with van der Waals surface area (Å²) >= 11 is 0. The minimum atomic E-state index is 0.721. The van der Waals surface area contributed by atoms with Gasteiger partial charge >= 0.3 is 0 Å². The molecule has 0 aromatic heterocycles. The van der Waals surface area contributed by atoms with E-state index in [1.54, 1.807) is 0 Å².